The Kier molecular flexibility index (Phi) is 3.68. The summed E-state index contributed by atoms with van der Waals surface area (Å²) in [5.74, 6) is 0.687. The molecule has 0 atom stereocenters. The Morgan fingerprint density at radius 3 is 3.00 bits per heavy atom. The lowest BCUT2D eigenvalue weighted by molar-refractivity contribution is -0.384. The van der Waals surface area contributed by atoms with Gasteiger partial charge in [0.1, 0.15) is 29.5 Å². The van der Waals surface area contributed by atoms with Gasteiger partial charge in [0.2, 0.25) is 0 Å². The van der Waals surface area contributed by atoms with Crippen molar-refractivity contribution in [1.29, 1.82) is 5.26 Å². The van der Waals surface area contributed by atoms with Gasteiger partial charge in [-0.1, -0.05) is 6.07 Å². The van der Waals surface area contributed by atoms with E-state index in [0.717, 1.165) is 0 Å². The third kappa shape index (κ3) is 2.84. The van der Waals surface area contributed by atoms with Gasteiger partial charge >= 0.3 is 5.69 Å². The summed E-state index contributed by atoms with van der Waals surface area (Å²) < 4.78 is 0. The van der Waals surface area contributed by atoms with Crippen molar-refractivity contribution in [1.82, 2.24) is 15.2 Å². The largest absolute Gasteiger partial charge is 0.379 e. The number of nitro groups is 1. The molecule has 0 aliphatic heterocycles. The number of benzene rings is 1. The number of anilines is 1. The highest BCUT2D eigenvalue weighted by atomic mass is 16.6. The van der Waals surface area contributed by atoms with Crippen molar-refractivity contribution in [2.75, 3.05) is 11.9 Å². The van der Waals surface area contributed by atoms with E-state index in [0.29, 0.717) is 24.5 Å². The SMILES string of the molecule is N#Cc1cccc(NCCc2ncn[nH]2)c1[N+](=O)[O-]. The van der Waals surface area contributed by atoms with Gasteiger partial charge in [0.15, 0.2) is 0 Å². The van der Waals surface area contributed by atoms with Crippen LogP contribution in [0.25, 0.3) is 0 Å². The first kappa shape index (κ1) is 12.5. The van der Waals surface area contributed by atoms with Crippen LogP contribution >= 0.6 is 0 Å². The number of H-pyrrole nitrogens is 1. The number of rotatable bonds is 5. The summed E-state index contributed by atoms with van der Waals surface area (Å²) in [6, 6.07) is 6.40. The zero-order valence-electron chi connectivity index (χ0n) is 9.83. The molecular weight excluding hydrogens is 248 g/mol. The van der Waals surface area contributed by atoms with E-state index in [1.165, 1.54) is 12.4 Å². The molecule has 8 nitrogen and oxygen atoms in total. The Morgan fingerprint density at radius 1 is 1.53 bits per heavy atom. The summed E-state index contributed by atoms with van der Waals surface area (Å²) in [6.07, 6.45) is 1.95. The fourth-order valence-corrected chi connectivity index (χ4v) is 1.64. The predicted octanol–water partition coefficient (Wildman–Crippen LogP) is 1.24. The van der Waals surface area contributed by atoms with Gasteiger partial charge < -0.3 is 5.32 Å². The number of hydrogen-bond donors (Lipinski definition) is 2. The molecule has 8 heteroatoms. The quantitative estimate of drug-likeness (QED) is 0.614. The molecule has 19 heavy (non-hydrogen) atoms. The molecule has 0 aliphatic rings. The second-order valence-electron chi connectivity index (χ2n) is 3.68. The van der Waals surface area contributed by atoms with Crippen molar-refractivity contribution in [3.8, 4) is 6.07 Å². The van der Waals surface area contributed by atoms with E-state index in [-0.39, 0.29) is 11.3 Å². The fourth-order valence-electron chi connectivity index (χ4n) is 1.64. The lowest BCUT2D eigenvalue weighted by Gasteiger charge is -2.06. The van der Waals surface area contributed by atoms with Gasteiger partial charge in [0.25, 0.3) is 0 Å². The second-order valence-corrected chi connectivity index (χ2v) is 3.68. The van der Waals surface area contributed by atoms with Crippen LogP contribution in [0.3, 0.4) is 0 Å². The molecule has 2 N–H and O–H groups in total. The van der Waals surface area contributed by atoms with Gasteiger partial charge in [-0.15, -0.1) is 0 Å². The molecule has 0 radical (unpaired) electrons. The number of para-hydroxylation sites is 1. The maximum atomic E-state index is 11.0. The van der Waals surface area contributed by atoms with Crippen LogP contribution in [0.15, 0.2) is 24.5 Å². The van der Waals surface area contributed by atoms with E-state index in [1.807, 2.05) is 6.07 Å². The van der Waals surface area contributed by atoms with E-state index in [4.69, 9.17) is 5.26 Å². The van der Waals surface area contributed by atoms with Crippen LogP contribution in [0.4, 0.5) is 11.4 Å². The van der Waals surface area contributed by atoms with E-state index in [9.17, 15) is 10.1 Å². The molecule has 0 bridgehead atoms. The number of nitro benzene ring substituents is 1. The van der Waals surface area contributed by atoms with Gasteiger partial charge in [0.05, 0.1) is 4.92 Å². The van der Waals surface area contributed by atoms with Crippen molar-refractivity contribution in [2.45, 2.75) is 6.42 Å². The van der Waals surface area contributed by atoms with Crippen LogP contribution in [0.1, 0.15) is 11.4 Å². The number of hydrogen-bond acceptors (Lipinski definition) is 6. The van der Waals surface area contributed by atoms with Crippen LogP contribution in [0.2, 0.25) is 0 Å². The van der Waals surface area contributed by atoms with Gasteiger partial charge in [-0.3, -0.25) is 15.2 Å². The lowest BCUT2D eigenvalue weighted by atomic mass is 10.1. The zero-order chi connectivity index (χ0) is 13.7. The van der Waals surface area contributed by atoms with E-state index >= 15 is 0 Å². The van der Waals surface area contributed by atoms with Gasteiger partial charge in [-0.05, 0) is 12.1 Å². The van der Waals surface area contributed by atoms with E-state index in [1.54, 1.807) is 12.1 Å². The van der Waals surface area contributed by atoms with Crippen molar-refractivity contribution >= 4 is 11.4 Å². The minimum absolute atomic E-state index is 0.0367. The molecule has 0 spiro atoms. The Bertz CT molecular complexity index is 617. The molecule has 0 amide bonds. The van der Waals surface area contributed by atoms with Crippen LogP contribution in [-0.4, -0.2) is 26.6 Å². The smallest absolute Gasteiger partial charge is 0.309 e. The highest BCUT2D eigenvalue weighted by molar-refractivity contribution is 5.68. The molecule has 96 valence electrons. The molecule has 2 rings (SSSR count). The normalized spacial score (nSPS) is 9.84. The molecule has 1 aromatic carbocycles. The van der Waals surface area contributed by atoms with Crippen molar-refractivity contribution in [3.63, 3.8) is 0 Å². The first-order valence-corrected chi connectivity index (χ1v) is 5.48. The summed E-state index contributed by atoms with van der Waals surface area (Å²) in [5, 5.41) is 29.2. The fraction of sp³-hybridized carbons (Fsp3) is 0.182. The number of aromatic nitrogens is 3. The molecular formula is C11H10N6O2. The second kappa shape index (κ2) is 5.59. The summed E-state index contributed by atoms with van der Waals surface area (Å²) in [5.41, 5.74) is 0.154. The van der Waals surface area contributed by atoms with Gasteiger partial charge in [-0.25, -0.2) is 4.98 Å². The summed E-state index contributed by atoms with van der Waals surface area (Å²) >= 11 is 0. The number of aromatic amines is 1. The van der Waals surface area contributed by atoms with Crippen LogP contribution in [-0.2, 0) is 6.42 Å². The molecule has 0 fully saturated rings. The van der Waals surface area contributed by atoms with Crippen molar-refractivity contribution in [3.05, 3.63) is 46.0 Å². The van der Waals surface area contributed by atoms with Crippen LogP contribution in [0, 0.1) is 21.4 Å². The lowest BCUT2D eigenvalue weighted by Crippen LogP contribution is -2.08. The Balaban J connectivity index is 2.12. The Morgan fingerprint density at radius 2 is 2.37 bits per heavy atom. The average molecular weight is 258 g/mol. The van der Waals surface area contributed by atoms with Crippen molar-refractivity contribution < 1.29 is 4.92 Å². The molecule has 1 heterocycles. The minimum atomic E-state index is -0.560. The summed E-state index contributed by atoms with van der Waals surface area (Å²) in [6.45, 7) is 0.449. The highest BCUT2D eigenvalue weighted by Gasteiger charge is 2.18. The molecule has 0 saturated heterocycles. The van der Waals surface area contributed by atoms with Crippen molar-refractivity contribution in [2.24, 2.45) is 0 Å². The maximum Gasteiger partial charge on any atom is 0.309 e. The summed E-state index contributed by atoms with van der Waals surface area (Å²) in [7, 11) is 0. The molecule has 0 aliphatic carbocycles. The first-order chi connectivity index (χ1) is 9.22. The van der Waals surface area contributed by atoms with Gasteiger partial charge in [-0.2, -0.15) is 10.4 Å². The topological polar surface area (TPSA) is 121 Å². The molecule has 0 saturated carbocycles. The molecule has 0 unspecified atom stereocenters. The van der Waals surface area contributed by atoms with Crippen LogP contribution in [0.5, 0.6) is 0 Å². The number of nitriles is 1. The number of nitrogens with zero attached hydrogens (tertiary/aromatic N) is 4. The Hall–Kier alpha value is -2.95. The highest BCUT2D eigenvalue weighted by Crippen LogP contribution is 2.27. The predicted molar refractivity (Wildman–Crippen MR) is 66.4 cm³/mol. The summed E-state index contributed by atoms with van der Waals surface area (Å²) in [4.78, 5) is 14.4. The zero-order valence-corrected chi connectivity index (χ0v) is 9.83. The van der Waals surface area contributed by atoms with E-state index < -0.39 is 4.92 Å². The maximum absolute atomic E-state index is 11.0. The van der Waals surface area contributed by atoms with Gasteiger partial charge in [0, 0.05) is 13.0 Å². The Labute approximate surface area is 108 Å². The molecule has 1 aromatic heterocycles. The number of nitrogens with one attached hydrogen (secondary N) is 2. The van der Waals surface area contributed by atoms with Crippen LogP contribution < -0.4 is 5.32 Å². The third-order valence-electron chi connectivity index (χ3n) is 2.48. The monoisotopic (exact) mass is 258 g/mol. The average Bonchev–Trinajstić information content (AvgIpc) is 2.91. The first-order valence-electron chi connectivity index (χ1n) is 5.48. The molecule has 2 aromatic rings. The third-order valence-corrected chi connectivity index (χ3v) is 2.48. The minimum Gasteiger partial charge on any atom is -0.379 e. The standard InChI is InChI=1S/C11H10N6O2/c12-6-8-2-1-3-9(11(8)17(18)19)13-5-4-10-14-7-15-16-10/h1-3,7,13H,4-5H2,(H,14,15,16). The van der Waals surface area contributed by atoms with E-state index in [2.05, 4.69) is 20.5 Å².